The minimum absolute atomic E-state index is 0.0632. The van der Waals surface area contributed by atoms with E-state index in [4.69, 9.17) is 14.2 Å². The van der Waals surface area contributed by atoms with Crippen molar-refractivity contribution in [3.63, 3.8) is 0 Å². The maximum atomic E-state index is 13.4. The van der Waals surface area contributed by atoms with Gasteiger partial charge in [-0.05, 0) is 61.6 Å². The summed E-state index contributed by atoms with van der Waals surface area (Å²) in [6.07, 6.45) is 6.37. The Morgan fingerprint density at radius 2 is 1.85 bits per heavy atom. The quantitative estimate of drug-likeness (QED) is 0.599. The summed E-state index contributed by atoms with van der Waals surface area (Å²) in [4.78, 5) is 28.2. The molecule has 0 bridgehead atoms. The van der Waals surface area contributed by atoms with Gasteiger partial charge in [0.25, 0.3) is 0 Å². The van der Waals surface area contributed by atoms with Gasteiger partial charge >= 0.3 is 0 Å². The molecule has 0 spiro atoms. The van der Waals surface area contributed by atoms with Crippen LogP contribution in [-0.4, -0.2) is 42.7 Å². The molecular formula is C27H34N2O5. The summed E-state index contributed by atoms with van der Waals surface area (Å²) >= 11 is 0. The Kier molecular flexibility index (Phi) is 7.93. The molecule has 0 saturated heterocycles. The Morgan fingerprint density at radius 1 is 1.06 bits per heavy atom. The molecule has 1 heterocycles. The minimum atomic E-state index is -0.572. The predicted octanol–water partition coefficient (Wildman–Crippen LogP) is 4.22. The number of rotatable bonds is 9. The number of hydrogen-bond donors (Lipinski definition) is 1. The molecule has 1 aliphatic heterocycles. The van der Waals surface area contributed by atoms with E-state index in [-0.39, 0.29) is 24.6 Å². The fourth-order valence-corrected chi connectivity index (χ4v) is 4.61. The van der Waals surface area contributed by atoms with E-state index in [0.717, 1.165) is 48.3 Å². The SMILES string of the molecule is COc1cccc(CN(C(=O)CCc2ccc3c(c2)OCO3)[C@H](C)C(=O)NC2CCCCC2)c1. The van der Waals surface area contributed by atoms with Gasteiger partial charge in [0.05, 0.1) is 7.11 Å². The van der Waals surface area contributed by atoms with Crippen molar-refractivity contribution in [3.05, 3.63) is 53.6 Å². The van der Waals surface area contributed by atoms with E-state index in [2.05, 4.69) is 5.32 Å². The van der Waals surface area contributed by atoms with E-state index >= 15 is 0 Å². The number of aryl methyl sites for hydroxylation is 1. The second-order valence-corrected chi connectivity index (χ2v) is 9.08. The molecule has 1 aliphatic carbocycles. The van der Waals surface area contributed by atoms with Gasteiger partial charge in [-0.2, -0.15) is 0 Å². The highest BCUT2D eigenvalue weighted by molar-refractivity contribution is 5.87. The summed E-state index contributed by atoms with van der Waals surface area (Å²) in [7, 11) is 1.62. The molecule has 182 valence electrons. The van der Waals surface area contributed by atoms with Crippen molar-refractivity contribution in [1.29, 1.82) is 0 Å². The first-order chi connectivity index (χ1) is 16.5. The molecule has 7 nitrogen and oxygen atoms in total. The summed E-state index contributed by atoms with van der Waals surface area (Å²) in [6, 6.07) is 13.0. The topological polar surface area (TPSA) is 77.1 Å². The van der Waals surface area contributed by atoms with E-state index in [0.29, 0.717) is 25.1 Å². The van der Waals surface area contributed by atoms with Gasteiger partial charge in [0.2, 0.25) is 18.6 Å². The van der Waals surface area contributed by atoms with Crippen LogP contribution in [0.3, 0.4) is 0 Å². The Morgan fingerprint density at radius 3 is 2.65 bits per heavy atom. The predicted molar refractivity (Wildman–Crippen MR) is 129 cm³/mol. The number of ether oxygens (including phenoxy) is 3. The minimum Gasteiger partial charge on any atom is -0.497 e. The first-order valence-electron chi connectivity index (χ1n) is 12.1. The summed E-state index contributed by atoms with van der Waals surface area (Å²) in [5, 5.41) is 3.18. The lowest BCUT2D eigenvalue weighted by molar-refractivity contribution is -0.141. The van der Waals surface area contributed by atoms with Crippen molar-refractivity contribution < 1.29 is 23.8 Å². The maximum Gasteiger partial charge on any atom is 0.242 e. The molecule has 1 saturated carbocycles. The number of carbonyl (C=O) groups excluding carboxylic acids is 2. The van der Waals surface area contributed by atoms with Crippen LogP contribution in [0.15, 0.2) is 42.5 Å². The highest BCUT2D eigenvalue weighted by Gasteiger charge is 2.28. The van der Waals surface area contributed by atoms with Crippen molar-refractivity contribution in [2.45, 2.75) is 70.5 Å². The maximum absolute atomic E-state index is 13.4. The molecule has 4 rings (SSSR count). The molecule has 1 N–H and O–H groups in total. The lowest BCUT2D eigenvalue weighted by Gasteiger charge is -2.31. The van der Waals surface area contributed by atoms with E-state index in [1.54, 1.807) is 12.0 Å². The van der Waals surface area contributed by atoms with Gasteiger partial charge < -0.3 is 24.4 Å². The average Bonchev–Trinajstić information content (AvgIpc) is 3.34. The highest BCUT2D eigenvalue weighted by Crippen LogP contribution is 2.33. The third-order valence-corrected chi connectivity index (χ3v) is 6.67. The number of nitrogens with one attached hydrogen (secondary N) is 1. The Bertz CT molecular complexity index is 1000. The van der Waals surface area contributed by atoms with Crippen molar-refractivity contribution in [2.75, 3.05) is 13.9 Å². The van der Waals surface area contributed by atoms with Crippen LogP contribution < -0.4 is 19.5 Å². The van der Waals surface area contributed by atoms with E-state index in [1.165, 1.54) is 6.42 Å². The van der Waals surface area contributed by atoms with E-state index in [1.807, 2.05) is 49.4 Å². The van der Waals surface area contributed by atoms with Crippen molar-refractivity contribution in [3.8, 4) is 17.2 Å². The average molecular weight is 467 g/mol. The zero-order valence-corrected chi connectivity index (χ0v) is 20.0. The third-order valence-electron chi connectivity index (χ3n) is 6.67. The zero-order valence-electron chi connectivity index (χ0n) is 20.0. The number of fused-ring (bicyclic) bond motifs is 1. The highest BCUT2D eigenvalue weighted by atomic mass is 16.7. The normalized spacial score (nSPS) is 16.1. The second-order valence-electron chi connectivity index (χ2n) is 9.08. The Balaban J connectivity index is 1.45. The van der Waals surface area contributed by atoms with Crippen LogP contribution in [0.1, 0.15) is 56.6 Å². The van der Waals surface area contributed by atoms with E-state index in [9.17, 15) is 9.59 Å². The molecule has 34 heavy (non-hydrogen) atoms. The third kappa shape index (κ3) is 6.01. The van der Waals surface area contributed by atoms with Gasteiger partial charge in [-0.15, -0.1) is 0 Å². The molecule has 2 aromatic rings. The molecule has 7 heteroatoms. The molecule has 2 aliphatic rings. The summed E-state index contributed by atoms with van der Waals surface area (Å²) < 4.78 is 16.2. The van der Waals surface area contributed by atoms with Crippen molar-refractivity contribution >= 4 is 11.8 Å². The number of nitrogens with zero attached hydrogens (tertiary/aromatic N) is 1. The number of carbonyl (C=O) groups is 2. The lowest BCUT2D eigenvalue weighted by Crippen LogP contribution is -2.50. The van der Waals surface area contributed by atoms with Crippen LogP contribution in [-0.2, 0) is 22.6 Å². The summed E-state index contributed by atoms with van der Waals surface area (Å²) in [5.41, 5.74) is 1.92. The molecule has 2 aromatic carbocycles. The standard InChI is InChI=1S/C27H34N2O5/c1-19(27(31)28-22-8-4-3-5-9-22)29(17-21-7-6-10-23(15-21)32-2)26(30)14-12-20-11-13-24-25(16-20)34-18-33-24/h6-7,10-11,13,15-16,19,22H,3-5,8-9,12,14,17-18H2,1-2H3,(H,28,31)/t19-/m1/s1. The van der Waals surface area contributed by atoms with Crippen LogP contribution in [0.4, 0.5) is 0 Å². The van der Waals surface area contributed by atoms with Crippen LogP contribution in [0, 0.1) is 0 Å². The smallest absolute Gasteiger partial charge is 0.242 e. The largest absolute Gasteiger partial charge is 0.497 e. The zero-order chi connectivity index (χ0) is 23.9. The first kappa shape index (κ1) is 23.9. The molecular weight excluding hydrogens is 432 g/mol. The number of amides is 2. The fraction of sp³-hybridized carbons (Fsp3) is 0.481. The molecule has 0 aromatic heterocycles. The van der Waals surface area contributed by atoms with Gasteiger partial charge in [0.15, 0.2) is 11.5 Å². The van der Waals surface area contributed by atoms with Crippen LogP contribution in [0.25, 0.3) is 0 Å². The molecule has 2 amide bonds. The second kappa shape index (κ2) is 11.3. The first-order valence-corrected chi connectivity index (χ1v) is 12.1. The van der Waals surface area contributed by atoms with Gasteiger partial charge in [0.1, 0.15) is 11.8 Å². The number of methoxy groups -OCH3 is 1. The number of benzene rings is 2. The van der Waals surface area contributed by atoms with Crippen LogP contribution >= 0.6 is 0 Å². The van der Waals surface area contributed by atoms with Crippen molar-refractivity contribution in [1.82, 2.24) is 10.2 Å². The fourth-order valence-electron chi connectivity index (χ4n) is 4.61. The Hall–Kier alpha value is -3.22. The molecule has 0 radical (unpaired) electrons. The van der Waals surface area contributed by atoms with Gasteiger partial charge in [0, 0.05) is 19.0 Å². The van der Waals surface area contributed by atoms with Crippen LogP contribution in [0.5, 0.6) is 17.2 Å². The molecule has 0 unspecified atom stereocenters. The summed E-state index contributed by atoms with van der Waals surface area (Å²) in [5.74, 6) is 2.00. The van der Waals surface area contributed by atoms with Gasteiger partial charge in [-0.1, -0.05) is 37.5 Å². The lowest BCUT2D eigenvalue weighted by atomic mass is 9.95. The van der Waals surface area contributed by atoms with Crippen molar-refractivity contribution in [2.24, 2.45) is 0 Å². The monoisotopic (exact) mass is 466 g/mol. The molecule has 1 atom stereocenters. The van der Waals surface area contributed by atoms with Crippen LogP contribution in [0.2, 0.25) is 0 Å². The van der Waals surface area contributed by atoms with Gasteiger partial charge in [-0.3, -0.25) is 9.59 Å². The van der Waals surface area contributed by atoms with E-state index < -0.39 is 6.04 Å². The summed E-state index contributed by atoms with van der Waals surface area (Å²) in [6.45, 7) is 2.38. The Labute approximate surface area is 201 Å². The van der Waals surface area contributed by atoms with Gasteiger partial charge in [-0.25, -0.2) is 0 Å². The number of hydrogen-bond acceptors (Lipinski definition) is 5. The molecule has 1 fully saturated rings.